The van der Waals surface area contributed by atoms with Crippen LogP contribution in [0.4, 0.5) is 6.01 Å². The fourth-order valence-electron chi connectivity index (χ4n) is 2.81. The quantitative estimate of drug-likeness (QED) is 0.230. The number of β-lactam (4-membered cyclic amide) rings is 1. The summed E-state index contributed by atoms with van der Waals surface area (Å²) in [5, 5.41) is 18.7. The van der Waals surface area contributed by atoms with E-state index < -0.39 is 29.2 Å². The molecule has 1 saturated heterocycles. The van der Waals surface area contributed by atoms with E-state index in [4.69, 9.17) is 9.36 Å². The number of carboxylic acid groups (broad SMARTS) is 1. The van der Waals surface area contributed by atoms with E-state index >= 15 is 0 Å². The fourth-order valence-corrected chi connectivity index (χ4v) is 4.15. The molecule has 14 heteroatoms. The van der Waals surface area contributed by atoms with Crippen molar-refractivity contribution >= 4 is 47.6 Å². The van der Waals surface area contributed by atoms with Gasteiger partial charge in [-0.2, -0.15) is 9.98 Å². The highest BCUT2D eigenvalue weighted by Crippen LogP contribution is 2.40. The first kappa shape index (κ1) is 22.0. The summed E-state index contributed by atoms with van der Waals surface area (Å²) in [4.78, 5) is 52.3. The molecule has 3 rings (SSSR count). The second-order valence-electron chi connectivity index (χ2n) is 6.48. The molecule has 3 heterocycles. The third-order valence-electron chi connectivity index (χ3n) is 4.16. The highest BCUT2D eigenvalue weighted by molar-refractivity contribution is 8.00. The molecule has 2 atom stereocenters. The summed E-state index contributed by atoms with van der Waals surface area (Å²) < 4.78 is 4.95. The van der Waals surface area contributed by atoms with Crippen molar-refractivity contribution in [1.82, 2.24) is 25.3 Å². The van der Waals surface area contributed by atoms with Gasteiger partial charge in [0.25, 0.3) is 11.8 Å². The maximum atomic E-state index is 12.8. The molecule has 2 N–H and O–H groups in total. The molecule has 0 aliphatic carbocycles. The number of amides is 2. The van der Waals surface area contributed by atoms with Gasteiger partial charge >= 0.3 is 12.0 Å². The van der Waals surface area contributed by atoms with Crippen LogP contribution in [0.2, 0.25) is 0 Å². The number of nitrogens with one attached hydrogen (secondary N) is 1. The summed E-state index contributed by atoms with van der Waals surface area (Å²) in [6.07, 6.45) is 2.83. The van der Waals surface area contributed by atoms with Crippen molar-refractivity contribution in [3.63, 3.8) is 0 Å². The van der Waals surface area contributed by atoms with Crippen LogP contribution in [0, 0.1) is 0 Å². The molecule has 0 radical (unpaired) electrons. The minimum absolute atomic E-state index is 0.109. The van der Waals surface area contributed by atoms with E-state index in [1.807, 2.05) is 0 Å². The Hall–Kier alpha value is -3.68. The van der Waals surface area contributed by atoms with E-state index in [0.29, 0.717) is 11.3 Å². The van der Waals surface area contributed by atoms with Crippen LogP contribution in [0.3, 0.4) is 0 Å². The van der Waals surface area contributed by atoms with Crippen molar-refractivity contribution in [2.24, 2.45) is 10.1 Å². The molecule has 2 amide bonds. The lowest BCUT2D eigenvalue weighted by molar-refractivity contribution is -0.150. The number of fused-ring (bicyclic) bond motifs is 1. The summed E-state index contributed by atoms with van der Waals surface area (Å²) in [6.45, 7) is 3.59. The standard InChI is InChI=1S/C17H19N7O6S/c1-5-8-6-31-15-10(14(26)24(15)11(8)16(27)28)19-13(25)9(21-29-4)12-20-17(30-22-12)18-7-23(2)3/h5,7,10,15H,1,6H2,2-4H3,(H,19,25)(H,27,28)/t10?,15-/m1/s1. The van der Waals surface area contributed by atoms with Crippen LogP contribution in [0.25, 0.3) is 0 Å². The van der Waals surface area contributed by atoms with Crippen molar-refractivity contribution in [2.75, 3.05) is 27.0 Å². The molecule has 13 nitrogen and oxygen atoms in total. The van der Waals surface area contributed by atoms with Gasteiger partial charge in [-0.1, -0.05) is 23.0 Å². The Morgan fingerprint density at radius 1 is 1.48 bits per heavy atom. The number of rotatable bonds is 8. The maximum absolute atomic E-state index is 12.8. The van der Waals surface area contributed by atoms with E-state index in [1.54, 1.807) is 19.0 Å². The van der Waals surface area contributed by atoms with E-state index in [-0.39, 0.29) is 23.2 Å². The third-order valence-corrected chi connectivity index (χ3v) is 5.46. The van der Waals surface area contributed by atoms with Gasteiger partial charge in [0, 0.05) is 19.8 Å². The van der Waals surface area contributed by atoms with Gasteiger partial charge in [0.2, 0.25) is 11.5 Å². The zero-order valence-electron chi connectivity index (χ0n) is 16.8. The first-order valence-corrected chi connectivity index (χ1v) is 9.83. The molecule has 31 heavy (non-hydrogen) atoms. The second kappa shape index (κ2) is 8.99. The van der Waals surface area contributed by atoms with Crippen molar-refractivity contribution in [3.8, 4) is 0 Å². The van der Waals surface area contributed by atoms with Crippen LogP contribution in [0.1, 0.15) is 5.82 Å². The molecule has 164 valence electrons. The summed E-state index contributed by atoms with van der Waals surface area (Å²) in [5.41, 5.74) is -0.0295. The first-order chi connectivity index (χ1) is 14.8. The molecule has 0 spiro atoms. The number of oxime groups is 1. The lowest BCUT2D eigenvalue weighted by Gasteiger charge is -2.49. The van der Waals surface area contributed by atoms with Crippen LogP contribution >= 0.6 is 11.8 Å². The van der Waals surface area contributed by atoms with Crippen LogP contribution in [-0.4, -0.2) is 93.3 Å². The lowest BCUT2D eigenvalue weighted by atomic mass is 10.0. The highest BCUT2D eigenvalue weighted by atomic mass is 32.2. The Morgan fingerprint density at radius 3 is 2.84 bits per heavy atom. The molecule has 1 unspecified atom stereocenters. The van der Waals surface area contributed by atoms with Crippen molar-refractivity contribution in [1.29, 1.82) is 0 Å². The van der Waals surface area contributed by atoms with Gasteiger partial charge in [0.15, 0.2) is 0 Å². The van der Waals surface area contributed by atoms with Crippen molar-refractivity contribution in [3.05, 3.63) is 29.7 Å². The monoisotopic (exact) mass is 449 g/mol. The Balaban J connectivity index is 1.77. The molecule has 0 aromatic carbocycles. The van der Waals surface area contributed by atoms with Crippen molar-refractivity contribution < 1.29 is 28.9 Å². The zero-order valence-corrected chi connectivity index (χ0v) is 17.6. The van der Waals surface area contributed by atoms with Crippen molar-refractivity contribution in [2.45, 2.75) is 11.4 Å². The zero-order chi connectivity index (χ0) is 22.7. The number of carbonyl (C=O) groups is 3. The van der Waals surface area contributed by atoms with E-state index in [1.165, 1.54) is 31.3 Å². The normalized spacial score (nSPS) is 20.9. The predicted molar refractivity (Wildman–Crippen MR) is 110 cm³/mol. The molecular formula is C17H19N7O6S. The van der Waals surface area contributed by atoms with Crippen LogP contribution < -0.4 is 5.32 Å². The molecule has 0 bridgehead atoms. The SMILES string of the molecule is C=CC1=C(C(=O)O)N2C(=O)C(NC(=O)C(=NOC)c3noc(N=CN(C)C)n3)[C@H]2SC1. The van der Waals surface area contributed by atoms with Crippen LogP contribution in [0.5, 0.6) is 0 Å². The Bertz CT molecular complexity index is 1010. The number of hydrogen-bond acceptors (Lipinski definition) is 10. The number of aromatic nitrogens is 2. The number of aliphatic carboxylic acids is 1. The molecule has 2 aliphatic rings. The van der Waals surface area contributed by atoms with Gasteiger partial charge in [0.1, 0.15) is 24.2 Å². The molecule has 1 aromatic rings. The highest BCUT2D eigenvalue weighted by Gasteiger charge is 2.54. The number of thioether (sulfide) groups is 1. The molecule has 1 aromatic heterocycles. The first-order valence-electron chi connectivity index (χ1n) is 8.78. The topological polar surface area (TPSA) is 163 Å². The number of allylic oxidation sites excluding steroid dienone is 1. The average Bonchev–Trinajstić information content (AvgIpc) is 3.21. The number of nitrogens with zero attached hydrogens (tertiary/aromatic N) is 6. The Morgan fingerprint density at radius 2 is 2.23 bits per heavy atom. The minimum Gasteiger partial charge on any atom is -0.477 e. The lowest BCUT2D eigenvalue weighted by Crippen LogP contribution is -2.71. The number of carbonyl (C=O) groups excluding carboxylic acids is 2. The number of carboxylic acids is 1. The minimum atomic E-state index is -1.24. The van der Waals surface area contributed by atoms with Crippen LogP contribution in [0.15, 0.2) is 38.6 Å². The van der Waals surface area contributed by atoms with Gasteiger partial charge in [-0.25, -0.2) is 4.79 Å². The largest absolute Gasteiger partial charge is 0.477 e. The summed E-state index contributed by atoms with van der Waals surface area (Å²) in [6, 6.07) is -1.07. The van der Waals surface area contributed by atoms with E-state index in [2.05, 4.69) is 32.2 Å². The van der Waals surface area contributed by atoms with Gasteiger partial charge in [-0.05, 0) is 5.57 Å². The summed E-state index contributed by atoms with van der Waals surface area (Å²) in [5.74, 6) is -2.45. The van der Waals surface area contributed by atoms with Gasteiger partial charge in [0.05, 0.1) is 6.34 Å². The molecular weight excluding hydrogens is 430 g/mol. The Kier molecular flexibility index (Phi) is 6.39. The van der Waals surface area contributed by atoms with Gasteiger partial charge in [-0.3, -0.25) is 14.5 Å². The van der Waals surface area contributed by atoms with Gasteiger partial charge in [-0.15, -0.1) is 11.8 Å². The second-order valence-corrected chi connectivity index (χ2v) is 7.58. The smallest absolute Gasteiger partial charge is 0.352 e. The molecule has 0 saturated carbocycles. The number of aliphatic imine (C=N–C) groups is 1. The van der Waals surface area contributed by atoms with Gasteiger partial charge < -0.3 is 24.7 Å². The predicted octanol–water partition coefficient (Wildman–Crippen LogP) is -0.434. The van der Waals surface area contributed by atoms with E-state index in [0.717, 1.165) is 4.90 Å². The van der Waals surface area contributed by atoms with Crippen LogP contribution in [-0.2, 0) is 19.2 Å². The molecule has 1 fully saturated rings. The molecule has 2 aliphatic heterocycles. The maximum Gasteiger partial charge on any atom is 0.352 e. The Labute approximate surface area is 180 Å². The summed E-state index contributed by atoms with van der Waals surface area (Å²) >= 11 is 1.31. The third kappa shape index (κ3) is 4.28. The fraction of sp³-hybridized carbons (Fsp3) is 0.353. The average molecular weight is 449 g/mol. The van der Waals surface area contributed by atoms with E-state index in [9.17, 15) is 19.5 Å². The summed E-state index contributed by atoms with van der Waals surface area (Å²) in [7, 11) is 4.72. The number of hydrogen-bond donors (Lipinski definition) is 2.